The van der Waals surface area contributed by atoms with Gasteiger partial charge in [-0.2, -0.15) is 8.42 Å². The first kappa shape index (κ1) is 15.1. The summed E-state index contributed by atoms with van der Waals surface area (Å²) in [5.41, 5.74) is -0.0580. The van der Waals surface area contributed by atoms with Crippen LogP contribution in [0.4, 0.5) is 14.5 Å². The van der Waals surface area contributed by atoms with E-state index in [1.807, 2.05) is 0 Å². The Morgan fingerprint density at radius 3 is 2.65 bits per heavy atom. The zero-order chi connectivity index (χ0) is 15.0. The molecule has 4 nitrogen and oxygen atoms in total. The molecule has 0 amide bonds. The minimum Gasteiger partial charge on any atom is -0.286 e. The molecule has 2 rings (SSSR count). The summed E-state index contributed by atoms with van der Waals surface area (Å²) in [5.74, 6) is -1.64. The molecule has 0 radical (unpaired) electrons. The Balaban J connectivity index is 2.10. The van der Waals surface area contributed by atoms with Crippen LogP contribution in [0.2, 0.25) is 0 Å². The lowest BCUT2D eigenvalue weighted by Gasteiger charge is -2.22. The summed E-state index contributed by atoms with van der Waals surface area (Å²) in [6.07, 6.45) is 2.80. The van der Waals surface area contributed by atoms with Gasteiger partial charge in [0.05, 0.1) is 11.4 Å². The molecular weight excluding hydrogens is 288 g/mol. The fraction of sp³-hybridized carbons (Fsp3) is 0.462. The van der Waals surface area contributed by atoms with Crippen LogP contribution >= 0.6 is 0 Å². The number of fused-ring (bicyclic) bond motifs is 1. The van der Waals surface area contributed by atoms with Gasteiger partial charge < -0.3 is 0 Å². The first-order valence-electron chi connectivity index (χ1n) is 6.21. The van der Waals surface area contributed by atoms with Crippen LogP contribution in [0.15, 0.2) is 17.1 Å². The van der Waals surface area contributed by atoms with E-state index in [4.69, 9.17) is 4.55 Å². The van der Waals surface area contributed by atoms with Crippen molar-refractivity contribution in [1.29, 1.82) is 0 Å². The van der Waals surface area contributed by atoms with Gasteiger partial charge in [-0.1, -0.05) is 13.3 Å². The Labute approximate surface area is 116 Å². The zero-order valence-corrected chi connectivity index (χ0v) is 11.8. The summed E-state index contributed by atoms with van der Waals surface area (Å²) in [6, 6.07) is 2.00. The van der Waals surface area contributed by atoms with Gasteiger partial charge in [0.25, 0.3) is 10.1 Å². The van der Waals surface area contributed by atoms with Gasteiger partial charge in [0, 0.05) is 23.3 Å². The van der Waals surface area contributed by atoms with Gasteiger partial charge in [0.1, 0.15) is 11.6 Å². The van der Waals surface area contributed by atoms with Crippen molar-refractivity contribution in [3.63, 3.8) is 0 Å². The molecule has 0 spiro atoms. The van der Waals surface area contributed by atoms with Gasteiger partial charge in [-0.15, -0.1) is 0 Å². The predicted octanol–water partition coefficient (Wildman–Crippen LogP) is 3.00. The average Bonchev–Trinajstić information content (AvgIpc) is 2.62. The fourth-order valence-corrected chi connectivity index (χ4v) is 3.04. The first-order valence-corrected chi connectivity index (χ1v) is 7.82. The number of unbranched alkanes of at least 4 members (excludes halogenated alkanes) is 1. The van der Waals surface area contributed by atoms with E-state index in [1.165, 1.54) is 6.07 Å². The maximum atomic E-state index is 13.9. The van der Waals surface area contributed by atoms with Gasteiger partial charge >= 0.3 is 0 Å². The van der Waals surface area contributed by atoms with Crippen LogP contribution in [-0.2, 0) is 15.5 Å². The molecule has 1 heterocycles. The second kappa shape index (κ2) is 5.21. The van der Waals surface area contributed by atoms with Crippen LogP contribution in [-0.4, -0.2) is 24.9 Å². The molecule has 0 aliphatic carbocycles. The molecule has 1 unspecified atom stereocenters. The Morgan fingerprint density at radius 1 is 1.30 bits per heavy atom. The van der Waals surface area contributed by atoms with Crippen molar-refractivity contribution in [2.45, 2.75) is 31.6 Å². The molecule has 1 atom stereocenters. The number of rotatable bonds is 5. The smallest absolute Gasteiger partial charge is 0.264 e. The quantitative estimate of drug-likeness (QED) is 0.671. The third-order valence-electron chi connectivity index (χ3n) is 3.44. The topological polar surface area (TPSA) is 66.7 Å². The Kier molecular flexibility index (Phi) is 3.93. The molecule has 0 fully saturated rings. The molecule has 20 heavy (non-hydrogen) atoms. The summed E-state index contributed by atoms with van der Waals surface area (Å²) in [4.78, 5) is 4.03. The molecular formula is C13H15F2NO3S. The van der Waals surface area contributed by atoms with E-state index in [0.717, 1.165) is 6.07 Å². The van der Waals surface area contributed by atoms with Gasteiger partial charge in [0.15, 0.2) is 0 Å². The largest absolute Gasteiger partial charge is 0.286 e. The van der Waals surface area contributed by atoms with Crippen LogP contribution in [0.25, 0.3) is 0 Å². The van der Waals surface area contributed by atoms with Gasteiger partial charge in [-0.25, -0.2) is 8.78 Å². The molecule has 1 aliphatic heterocycles. The standard InChI is InChI=1S/C13H15F2NO3S/c1-13(4-2-3-5-20(17,18)19)8-16-11-7-9(14)6-10(15)12(11)13/h6-8H,2-5H2,1H3,(H,17,18,19). The van der Waals surface area contributed by atoms with E-state index in [1.54, 1.807) is 13.1 Å². The average molecular weight is 303 g/mol. The molecule has 1 aromatic carbocycles. The third kappa shape index (κ3) is 3.21. The molecule has 110 valence electrons. The number of aliphatic imine (C=N–C) groups is 1. The highest BCUT2D eigenvalue weighted by Gasteiger charge is 2.34. The number of halogens is 2. The second-order valence-electron chi connectivity index (χ2n) is 5.20. The SMILES string of the molecule is CC1(CCCCS(=O)(=O)O)C=Nc2cc(F)cc(F)c21. The van der Waals surface area contributed by atoms with E-state index >= 15 is 0 Å². The third-order valence-corrected chi connectivity index (χ3v) is 4.25. The monoisotopic (exact) mass is 303 g/mol. The van der Waals surface area contributed by atoms with E-state index in [0.29, 0.717) is 18.4 Å². The molecule has 1 aliphatic rings. The molecule has 0 bridgehead atoms. The highest BCUT2D eigenvalue weighted by molar-refractivity contribution is 7.85. The lowest BCUT2D eigenvalue weighted by molar-refractivity contribution is 0.473. The summed E-state index contributed by atoms with van der Waals surface area (Å²) >= 11 is 0. The summed E-state index contributed by atoms with van der Waals surface area (Å²) in [7, 11) is -3.97. The van der Waals surface area contributed by atoms with Gasteiger partial charge in [0.2, 0.25) is 0 Å². The van der Waals surface area contributed by atoms with Gasteiger partial charge in [-0.3, -0.25) is 9.55 Å². The van der Waals surface area contributed by atoms with Crippen molar-refractivity contribution in [3.05, 3.63) is 29.3 Å². The van der Waals surface area contributed by atoms with E-state index < -0.39 is 27.2 Å². The highest BCUT2D eigenvalue weighted by Crippen LogP contribution is 2.41. The van der Waals surface area contributed by atoms with Crippen molar-refractivity contribution in [3.8, 4) is 0 Å². The van der Waals surface area contributed by atoms with E-state index in [9.17, 15) is 17.2 Å². The van der Waals surface area contributed by atoms with E-state index in [2.05, 4.69) is 4.99 Å². The number of benzene rings is 1. The number of nitrogens with zero attached hydrogens (tertiary/aromatic N) is 1. The fourth-order valence-electron chi connectivity index (χ4n) is 2.47. The van der Waals surface area contributed by atoms with Gasteiger partial charge in [-0.05, 0) is 18.9 Å². The minimum atomic E-state index is -3.97. The second-order valence-corrected chi connectivity index (χ2v) is 6.77. The molecule has 0 aromatic heterocycles. The normalized spacial score (nSPS) is 21.2. The van der Waals surface area contributed by atoms with Crippen molar-refractivity contribution in [2.24, 2.45) is 4.99 Å². The van der Waals surface area contributed by atoms with Crippen LogP contribution in [0.1, 0.15) is 31.7 Å². The lowest BCUT2D eigenvalue weighted by Crippen LogP contribution is -2.22. The molecule has 1 aromatic rings. The number of hydrogen-bond donors (Lipinski definition) is 1. The molecule has 0 saturated heterocycles. The Hall–Kier alpha value is -1.34. The lowest BCUT2D eigenvalue weighted by atomic mass is 9.80. The van der Waals surface area contributed by atoms with Crippen LogP contribution < -0.4 is 0 Å². The van der Waals surface area contributed by atoms with Crippen LogP contribution in [0.3, 0.4) is 0 Å². The summed E-state index contributed by atoms with van der Waals surface area (Å²) in [5, 5.41) is 0. The zero-order valence-electron chi connectivity index (χ0n) is 10.9. The Bertz CT molecular complexity index is 658. The van der Waals surface area contributed by atoms with Crippen LogP contribution in [0, 0.1) is 11.6 Å². The summed E-state index contributed by atoms with van der Waals surface area (Å²) in [6.45, 7) is 1.77. The molecule has 1 N–H and O–H groups in total. The van der Waals surface area contributed by atoms with Crippen molar-refractivity contribution < 1.29 is 21.8 Å². The Morgan fingerprint density at radius 2 is 2.00 bits per heavy atom. The molecule has 0 saturated carbocycles. The minimum absolute atomic E-state index is 0.278. The maximum Gasteiger partial charge on any atom is 0.264 e. The van der Waals surface area contributed by atoms with Crippen molar-refractivity contribution >= 4 is 22.0 Å². The highest BCUT2D eigenvalue weighted by atomic mass is 32.2. The van der Waals surface area contributed by atoms with Crippen molar-refractivity contribution in [2.75, 3.05) is 5.75 Å². The van der Waals surface area contributed by atoms with Crippen molar-refractivity contribution in [1.82, 2.24) is 0 Å². The van der Waals surface area contributed by atoms with Crippen LogP contribution in [0.5, 0.6) is 0 Å². The maximum absolute atomic E-state index is 13.9. The number of hydrogen-bond acceptors (Lipinski definition) is 3. The van der Waals surface area contributed by atoms with E-state index in [-0.39, 0.29) is 17.9 Å². The summed E-state index contributed by atoms with van der Waals surface area (Å²) < 4.78 is 56.9. The molecule has 7 heteroatoms. The predicted molar refractivity (Wildman–Crippen MR) is 72.1 cm³/mol. The first-order chi connectivity index (χ1) is 9.21.